The van der Waals surface area contributed by atoms with Gasteiger partial charge in [-0.05, 0) is 24.3 Å². The van der Waals surface area contributed by atoms with Gasteiger partial charge in [-0.2, -0.15) is 0 Å². The summed E-state index contributed by atoms with van der Waals surface area (Å²) in [6, 6.07) is 6.75. The van der Waals surface area contributed by atoms with Crippen LogP contribution in [0.4, 0.5) is 4.79 Å². The zero-order chi connectivity index (χ0) is 14.8. The number of methoxy groups -OCH3 is 1. The molecule has 0 aliphatic rings. The largest absolute Gasteiger partial charge is 0.497 e. The van der Waals surface area contributed by atoms with Crippen LogP contribution in [0, 0.1) is 0 Å². The van der Waals surface area contributed by atoms with Gasteiger partial charge in [-0.1, -0.05) is 12.7 Å². The Morgan fingerprint density at radius 3 is 2.45 bits per heavy atom. The van der Waals surface area contributed by atoms with Crippen LogP contribution in [-0.2, 0) is 4.74 Å². The molecule has 0 spiro atoms. The Balaban J connectivity index is 2.25. The van der Waals surface area contributed by atoms with Crippen LogP contribution in [0.1, 0.15) is 10.4 Å². The molecule has 0 saturated heterocycles. The monoisotopic (exact) mass is 278 g/mol. The van der Waals surface area contributed by atoms with Crippen molar-refractivity contribution in [2.75, 3.05) is 26.8 Å². The first kappa shape index (κ1) is 15.6. The summed E-state index contributed by atoms with van der Waals surface area (Å²) in [4.78, 5) is 22.8. The van der Waals surface area contributed by atoms with Crippen LogP contribution in [0.2, 0.25) is 0 Å². The molecule has 0 bridgehead atoms. The van der Waals surface area contributed by atoms with E-state index in [9.17, 15) is 9.59 Å². The highest BCUT2D eigenvalue weighted by Gasteiger charge is 2.05. The second-order valence-electron chi connectivity index (χ2n) is 3.80. The van der Waals surface area contributed by atoms with Crippen molar-refractivity contribution in [3.63, 3.8) is 0 Å². The summed E-state index contributed by atoms with van der Waals surface area (Å²) < 4.78 is 9.72. The number of amides is 2. The molecule has 0 atom stereocenters. The third-order valence-electron chi connectivity index (χ3n) is 2.36. The van der Waals surface area contributed by atoms with E-state index in [1.54, 1.807) is 31.4 Å². The molecule has 0 radical (unpaired) electrons. The highest BCUT2D eigenvalue weighted by atomic mass is 16.5. The van der Waals surface area contributed by atoms with Crippen LogP contribution in [0.25, 0.3) is 0 Å². The minimum absolute atomic E-state index is 0.157. The Kier molecular flexibility index (Phi) is 6.67. The lowest BCUT2D eigenvalue weighted by Crippen LogP contribution is -2.35. The maximum Gasteiger partial charge on any atom is 0.407 e. The van der Waals surface area contributed by atoms with Crippen molar-refractivity contribution in [3.05, 3.63) is 42.5 Å². The zero-order valence-corrected chi connectivity index (χ0v) is 11.3. The number of nitrogens with one attached hydrogen (secondary N) is 2. The van der Waals surface area contributed by atoms with Crippen LogP contribution in [0.3, 0.4) is 0 Å². The lowest BCUT2D eigenvalue weighted by molar-refractivity contribution is 0.0952. The van der Waals surface area contributed by atoms with E-state index in [1.807, 2.05) is 0 Å². The lowest BCUT2D eigenvalue weighted by atomic mass is 10.2. The molecule has 0 aliphatic heterocycles. The summed E-state index contributed by atoms with van der Waals surface area (Å²) in [5, 5.41) is 5.18. The first-order valence-corrected chi connectivity index (χ1v) is 6.11. The van der Waals surface area contributed by atoms with Gasteiger partial charge in [0.25, 0.3) is 5.91 Å². The maximum atomic E-state index is 11.8. The summed E-state index contributed by atoms with van der Waals surface area (Å²) in [6.45, 7) is 4.19. The van der Waals surface area contributed by atoms with E-state index in [-0.39, 0.29) is 19.1 Å². The summed E-state index contributed by atoms with van der Waals surface area (Å²) in [5.41, 5.74) is 0.528. The van der Waals surface area contributed by atoms with E-state index in [4.69, 9.17) is 9.47 Å². The zero-order valence-electron chi connectivity index (χ0n) is 11.3. The van der Waals surface area contributed by atoms with Crippen molar-refractivity contribution in [2.45, 2.75) is 0 Å². The Morgan fingerprint density at radius 2 is 1.85 bits per heavy atom. The highest BCUT2D eigenvalue weighted by Crippen LogP contribution is 2.10. The molecular formula is C14H18N2O4. The fourth-order valence-corrected chi connectivity index (χ4v) is 1.37. The van der Waals surface area contributed by atoms with Gasteiger partial charge in [0.2, 0.25) is 0 Å². The summed E-state index contributed by atoms with van der Waals surface area (Å²) in [7, 11) is 1.56. The predicted molar refractivity (Wildman–Crippen MR) is 74.9 cm³/mol. The average molecular weight is 278 g/mol. The molecular weight excluding hydrogens is 260 g/mol. The normalized spacial score (nSPS) is 9.45. The van der Waals surface area contributed by atoms with E-state index < -0.39 is 6.09 Å². The molecule has 0 saturated carbocycles. The molecule has 1 aromatic rings. The number of hydrogen-bond donors (Lipinski definition) is 2. The molecule has 20 heavy (non-hydrogen) atoms. The van der Waals surface area contributed by atoms with Gasteiger partial charge >= 0.3 is 6.09 Å². The van der Waals surface area contributed by atoms with Crippen LogP contribution in [0.5, 0.6) is 5.75 Å². The molecule has 108 valence electrons. The molecule has 0 unspecified atom stereocenters. The molecule has 1 aromatic carbocycles. The second-order valence-corrected chi connectivity index (χ2v) is 3.80. The number of benzene rings is 1. The van der Waals surface area contributed by atoms with Crippen LogP contribution in [-0.4, -0.2) is 38.8 Å². The van der Waals surface area contributed by atoms with E-state index >= 15 is 0 Å². The van der Waals surface area contributed by atoms with Crippen molar-refractivity contribution in [2.24, 2.45) is 0 Å². The molecule has 0 fully saturated rings. The van der Waals surface area contributed by atoms with Gasteiger partial charge in [-0.25, -0.2) is 4.79 Å². The quantitative estimate of drug-likeness (QED) is 0.583. The van der Waals surface area contributed by atoms with Crippen LogP contribution < -0.4 is 15.4 Å². The standard InChI is InChI=1S/C14H18N2O4/c1-3-10-20-14(18)16-9-8-15-13(17)11-4-6-12(19-2)7-5-11/h3-7H,1,8-10H2,2H3,(H,15,17)(H,16,18). The molecule has 1 rings (SSSR count). The van der Waals surface area contributed by atoms with E-state index in [1.165, 1.54) is 6.08 Å². The average Bonchev–Trinajstić information content (AvgIpc) is 2.49. The van der Waals surface area contributed by atoms with Crippen molar-refractivity contribution in [3.8, 4) is 5.75 Å². The van der Waals surface area contributed by atoms with Crippen molar-refractivity contribution >= 4 is 12.0 Å². The van der Waals surface area contributed by atoms with Gasteiger partial charge in [0, 0.05) is 18.7 Å². The topological polar surface area (TPSA) is 76.7 Å². The molecule has 2 N–H and O–H groups in total. The number of alkyl carbamates (subject to hydrolysis) is 1. The van der Waals surface area contributed by atoms with Gasteiger partial charge in [-0.15, -0.1) is 0 Å². The molecule has 0 aromatic heterocycles. The van der Waals surface area contributed by atoms with Gasteiger partial charge in [0.15, 0.2) is 0 Å². The smallest absolute Gasteiger partial charge is 0.407 e. The van der Waals surface area contributed by atoms with Gasteiger partial charge in [0.05, 0.1) is 7.11 Å². The van der Waals surface area contributed by atoms with Crippen molar-refractivity contribution in [1.82, 2.24) is 10.6 Å². The number of carbonyl (C=O) groups is 2. The summed E-state index contributed by atoms with van der Waals surface area (Å²) >= 11 is 0. The molecule has 6 nitrogen and oxygen atoms in total. The number of carbonyl (C=O) groups excluding carboxylic acids is 2. The number of ether oxygens (including phenoxy) is 2. The van der Waals surface area contributed by atoms with Crippen molar-refractivity contribution < 1.29 is 19.1 Å². The van der Waals surface area contributed by atoms with E-state index in [2.05, 4.69) is 17.2 Å². The number of hydrogen-bond acceptors (Lipinski definition) is 4. The first-order chi connectivity index (χ1) is 9.67. The second kappa shape index (κ2) is 8.58. The minimum atomic E-state index is -0.538. The fraction of sp³-hybridized carbons (Fsp3) is 0.286. The summed E-state index contributed by atoms with van der Waals surface area (Å²) in [6.07, 6.45) is 0.939. The number of rotatable bonds is 7. The third kappa shape index (κ3) is 5.43. The molecule has 0 aliphatic carbocycles. The molecule has 0 heterocycles. The Bertz CT molecular complexity index is 457. The van der Waals surface area contributed by atoms with Gasteiger partial charge in [0.1, 0.15) is 12.4 Å². The van der Waals surface area contributed by atoms with Crippen LogP contribution in [0.15, 0.2) is 36.9 Å². The predicted octanol–water partition coefficient (Wildman–Crippen LogP) is 1.34. The van der Waals surface area contributed by atoms with Gasteiger partial charge in [-0.3, -0.25) is 4.79 Å². The Labute approximate surface area is 117 Å². The van der Waals surface area contributed by atoms with E-state index in [0.717, 1.165) is 0 Å². The lowest BCUT2D eigenvalue weighted by Gasteiger charge is -2.07. The minimum Gasteiger partial charge on any atom is -0.497 e. The molecule has 2 amide bonds. The summed E-state index contributed by atoms with van der Waals surface area (Å²) in [5.74, 6) is 0.474. The highest BCUT2D eigenvalue weighted by molar-refractivity contribution is 5.94. The molecule has 6 heteroatoms. The Hall–Kier alpha value is -2.50. The fourth-order valence-electron chi connectivity index (χ4n) is 1.37. The SMILES string of the molecule is C=CCOC(=O)NCCNC(=O)c1ccc(OC)cc1. The van der Waals surface area contributed by atoms with Crippen molar-refractivity contribution in [1.29, 1.82) is 0 Å². The first-order valence-electron chi connectivity index (χ1n) is 6.11. The van der Waals surface area contributed by atoms with Crippen LogP contribution >= 0.6 is 0 Å². The third-order valence-corrected chi connectivity index (χ3v) is 2.36. The Morgan fingerprint density at radius 1 is 1.20 bits per heavy atom. The van der Waals surface area contributed by atoms with E-state index in [0.29, 0.717) is 17.9 Å². The maximum absolute atomic E-state index is 11.8. The van der Waals surface area contributed by atoms with Gasteiger partial charge < -0.3 is 20.1 Å².